The second-order valence-corrected chi connectivity index (χ2v) is 5.88. The molecule has 1 aromatic carbocycles. The van der Waals surface area contributed by atoms with Crippen LogP contribution in [0, 0.1) is 0 Å². The Balaban J connectivity index is 0.00000264. The molecule has 0 saturated carbocycles. The van der Waals surface area contributed by atoms with Crippen molar-refractivity contribution in [3.8, 4) is 11.5 Å². The van der Waals surface area contributed by atoms with Crippen LogP contribution in [0.15, 0.2) is 18.2 Å². The van der Waals surface area contributed by atoms with E-state index in [9.17, 15) is 0 Å². The molecule has 1 aliphatic heterocycles. The molecule has 6 heteroatoms. The highest BCUT2D eigenvalue weighted by Crippen LogP contribution is 2.39. The Morgan fingerprint density at radius 2 is 1.79 bits per heavy atom. The normalized spacial score (nSPS) is 15.8. The van der Waals surface area contributed by atoms with Crippen LogP contribution in [-0.2, 0) is 0 Å². The van der Waals surface area contributed by atoms with E-state index in [1.165, 1.54) is 31.2 Å². The summed E-state index contributed by atoms with van der Waals surface area (Å²) in [6, 6.07) is 6.66. The van der Waals surface area contributed by atoms with Crippen molar-refractivity contribution in [3.63, 3.8) is 0 Å². The van der Waals surface area contributed by atoms with E-state index in [0.717, 1.165) is 37.7 Å². The molecular weight excluding hydrogens is 347 g/mol. The molecule has 1 N–H and O–H groups in total. The van der Waals surface area contributed by atoms with Gasteiger partial charge in [-0.05, 0) is 12.5 Å². The number of rotatable bonds is 8. The molecular formula is C18H32Cl2N2O2. The van der Waals surface area contributed by atoms with E-state index in [1.54, 1.807) is 14.2 Å². The quantitative estimate of drug-likeness (QED) is 0.691. The number of methoxy groups -OCH3 is 2. The van der Waals surface area contributed by atoms with Gasteiger partial charge in [0.1, 0.15) is 0 Å². The van der Waals surface area contributed by atoms with Crippen LogP contribution < -0.4 is 14.8 Å². The van der Waals surface area contributed by atoms with E-state index in [2.05, 4.69) is 29.3 Å². The molecule has 140 valence electrons. The molecule has 1 atom stereocenters. The van der Waals surface area contributed by atoms with Gasteiger partial charge in [0.15, 0.2) is 11.5 Å². The molecule has 0 aliphatic carbocycles. The lowest BCUT2D eigenvalue weighted by Crippen LogP contribution is -2.45. The maximum atomic E-state index is 5.68. The van der Waals surface area contributed by atoms with Gasteiger partial charge in [0, 0.05) is 37.8 Å². The summed E-state index contributed by atoms with van der Waals surface area (Å²) >= 11 is 0. The number of hydrogen-bond donors (Lipinski definition) is 1. The lowest BCUT2D eigenvalue weighted by atomic mass is 9.97. The highest BCUT2D eigenvalue weighted by molar-refractivity contribution is 5.85. The van der Waals surface area contributed by atoms with E-state index in [1.807, 2.05) is 6.07 Å². The van der Waals surface area contributed by atoms with Crippen LogP contribution in [0.1, 0.15) is 44.2 Å². The summed E-state index contributed by atoms with van der Waals surface area (Å²) in [5.74, 6) is 1.72. The standard InChI is InChI=1S/C18H30N2O2.2ClH/c1-4-5-6-9-16(20-13-11-19-12-14-20)15-8-7-10-17(21-2)18(15)22-3;;/h7-8,10,16,19H,4-6,9,11-14H2,1-3H3;2*1H/t16-;;/m1../s1. The van der Waals surface area contributed by atoms with Crippen molar-refractivity contribution in [2.24, 2.45) is 0 Å². The first-order valence-corrected chi connectivity index (χ1v) is 8.47. The number of hydrogen-bond acceptors (Lipinski definition) is 4. The van der Waals surface area contributed by atoms with Crippen molar-refractivity contribution in [1.29, 1.82) is 0 Å². The predicted octanol–water partition coefficient (Wildman–Crippen LogP) is 4.07. The van der Waals surface area contributed by atoms with Gasteiger partial charge >= 0.3 is 0 Å². The second-order valence-electron chi connectivity index (χ2n) is 5.88. The van der Waals surface area contributed by atoms with Gasteiger partial charge in [0.2, 0.25) is 0 Å². The lowest BCUT2D eigenvalue weighted by molar-refractivity contribution is 0.159. The van der Waals surface area contributed by atoms with Gasteiger partial charge in [0.25, 0.3) is 0 Å². The van der Waals surface area contributed by atoms with Crippen molar-refractivity contribution in [3.05, 3.63) is 23.8 Å². The highest BCUT2D eigenvalue weighted by Gasteiger charge is 2.25. The van der Waals surface area contributed by atoms with Gasteiger partial charge in [-0.3, -0.25) is 4.90 Å². The fourth-order valence-corrected chi connectivity index (χ4v) is 3.29. The molecule has 0 unspecified atom stereocenters. The molecule has 2 rings (SSSR count). The van der Waals surface area contributed by atoms with Crippen molar-refractivity contribution in [2.45, 2.75) is 38.6 Å². The average Bonchev–Trinajstić information content (AvgIpc) is 2.59. The predicted molar refractivity (Wildman–Crippen MR) is 105 cm³/mol. The molecule has 4 nitrogen and oxygen atoms in total. The Bertz CT molecular complexity index is 455. The maximum absolute atomic E-state index is 5.68. The second kappa shape index (κ2) is 12.6. The summed E-state index contributed by atoms with van der Waals surface area (Å²) in [7, 11) is 3.45. The number of para-hydroxylation sites is 1. The molecule has 1 aliphatic rings. The number of ether oxygens (including phenoxy) is 2. The molecule has 24 heavy (non-hydrogen) atoms. The van der Waals surface area contributed by atoms with Crippen LogP contribution in [0.4, 0.5) is 0 Å². The summed E-state index contributed by atoms with van der Waals surface area (Å²) in [5, 5.41) is 3.44. The largest absolute Gasteiger partial charge is 0.493 e. The fourth-order valence-electron chi connectivity index (χ4n) is 3.29. The van der Waals surface area contributed by atoms with Crippen molar-refractivity contribution < 1.29 is 9.47 Å². The number of nitrogens with one attached hydrogen (secondary N) is 1. The third-order valence-corrected chi connectivity index (χ3v) is 4.47. The van der Waals surface area contributed by atoms with Gasteiger partial charge in [-0.1, -0.05) is 38.3 Å². The Hall–Kier alpha value is -0.680. The lowest BCUT2D eigenvalue weighted by Gasteiger charge is -2.36. The summed E-state index contributed by atoms with van der Waals surface area (Å²) < 4.78 is 11.2. The Kier molecular flexibility index (Phi) is 12.3. The van der Waals surface area contributed by atoms with Crippen LogP contribution in [0.5, 0.6) is 11.5 Å². The minimum Gasteiger partial charge on any atom is -0.493 e. The molecule has 1 aromatic rings. The molecule has 1 saturated heterocycles. The maximum Gasteiger partial charge on any atom is 0.165 e. The van der Waals surface area contributed by atoms with Crippen LogP contribution in [0.2, 0.25) is 0 Å². The van der Waals surface area contributed by atoms with Crippen LogP contribution in [0.3, 0.4) is 0 Å². The molecule has 1 heterocycles. The van der Waals surface area contributed by atoms with Gasteiger partial charge in [0.05, 0.1) is 14.2 Å². The minimum atomic E-state index is 0. The summed E-state index contributed by atoms with van der Waals surface area (Å²) in [6.45, 7) is 6.58. The third kappa shape index (κ3) is 5.99. The van der Waals surface area contributed by atoms with E-state index >= 15 is 0 Å². The Labute approximate surface area is 159 Å². The molecule has 0 amide bonds. The van der Waals surface area contributed by atoms with Crippen molar-refractivity contribution in [1.82, 2.24) is 10.2 Å². The van der Waals surface area contributed by atoms with E-state index in [-0.39, 0.29) is 24.8 Å². The van der Waals surface area contributed by atoms with E-state index in [0.29, 0.717) is 6.04 Å². The first-order valence-electron chi connectivity index (χ1n) is 8.47. The molecule has 0 spiro atoms. The van der Waals surface area contributed by atoms with Gasteiger partial charge in [-0.15, -0.1) is 24.8 Å². The average molecular weight is 379 g/mol. The SMILES string of the molecule is CCCCC[C@H](c1cccc(OC)c1OC)N1CCNCC1.Cl.Cl. The molecule has 0 radical (unpaired) electrons. The Morgan fingerprint density at radius 1 is 1.08 bits per heavy atom. The van der Waals surface area contributed by atoms with E-state index in [4.69, 9.17) is 9.47 Å². The topological polar surface area (TPSA) is 33.7 Å². The van der Waals surface area contributed by atoms with Gasteiger partial charge in [-0.25, -0.2) is 0 Å². The molecule has 0 aromatic heterocycles. The summed E-state index contributed by atoms with van der Waals surface area (Å²) in [4.78, 5) is 2.59. The number of unbranched alkanes of at least 4 members (excludes halogenated alkanes) is 2. The summed E-state index contributed by atoms with van der Waals surface area (Å²) in [5.41, 5.74) is 1.26. The van der Waals surface area contributed by atoms with Gasteiger partial charge in [-0.2, -0.15) is 0 Å². The first-order chi connectivity index (χ1) is 10.8. The smallest absolute Gasteiger partial charge is 0.165 e. The minimum absolute atomic E-state index is 0. The monoisotopic (exact) mass is 378 g/mol. The van der Waals surface area contributed by atoms with Crippen molar-refractivity contribution in [2.75, 3.05) is 40.4 Å². The highest BCUT2D eigenvalue weighted by atomic mass is 35.5. The van der Waals surface area contributed by atoms with Crippen LogP contribution >= 0.6 is 24.8 Å². The number of halogens is 2. The van der Waals surface area contributed by atoms with Gasteiger partial charge < -0.3 is 14.8 Å². The number of nitrogens with zero attached hydrogens (tertiary/aromatic N) is 1. The zero-order chi connectivity index (χ0) is 15.8. The third-order valence-electron chi connectivity index (χ3n) is 4.47. The molecule has 0 bridgehead atoms. The van der Waals surface area contributed by atoms with Crippen LogP contribution in [0.25, 0.3) is 0 Å². The first kappa shape index (κ1) is 23.3. The van der Waals surface area contributed by atoms with E-state index < -0.39 is 0 Å². The fraction of sp³-hybridized carbons (Fsp3) is 0.667. The molecule has 1 fully saturated rings. The van der Waals surface area contributed by atoms with Crippen molar-refractivity contribution >= 4 is 24.8 Å². The summed E-state index contributed by atoms with van der Waals surface area (Å²) in [6.07, 6.45) is 4.97. The Morgan fingerprint density at radius 3 is 2.38 bits per heavy atom. The zero-order valence-corrected chi connectivity index (χ0v) is 16.7. The number of piperazine rings is 1. The zero-order valence-electron chi connectivity index (χ0n) is 15.0. The van der Waals surface area contributed by atoms with Crippen LogP contribution in [-0.4, -0.2) is 45.3 Å². The number of benzene rings is 1.